The van der Waals surface area contributed by atoms with Crippen LogP contribution in [0.3, 0.4) is 0 Å². The number of nitrogens with zero attached hydrogens (tertiary/aromatic N) is 2. The van der Waals surface area contributed by atoms with Gasteiger partial charge in [-0.15, -0.1) is 0 Å². The number of carbonyl (C=O) groups is 1. The van der Waals surface area contributed by atoms with Gasteiger partial charge in [0.2, 0.25) is 0 Å². The zero-order valence-electron chi connectivity index (χ0n) is 16.0. The first kappa shape index (κ1) is 20.1. The van der Waals surface area contributed by atoms with Crippen LogP contribution in [0.2, 0.25) is 0 Å². The molecule has 26 heavy (non-hydrogen) atoms. The number of nitrogens with one attached hydrogen (secondary N) is 1. The highest BCUT2D eigenvalue weighted by atomic mass is 19.1. The molecule has 0 amide bonds. The fourth-order valence-corrected chi connectivity index (χ4v) is 2.98. The number of ether oxygens (including phenoxy) is 1. The molecule has 5 nitrogen and oxygen atoms in total. The molecule has 142 valence electrons. The molecule has 0 aliphatic carbocycles. The van der Waals surface area contributed by atoms with Gasteiger partial charge in [-0.3, -0.25) is 4.79 Å². The van der Waals surface area contributed by atoms with Crippen LogP contribution in [-0.4, -0.2) is 35.7 Å². The minimum absolute atomic E-state index is 0.260. The third kappa shape index (κ3) is 4.91. The Morgan fingerprint density at radius 2 is 2.12 bits per heavy atom. The fourth-order valence-electron chi connectivity index (χ4n) is 2.98. The molecular formula is C20H28FN3O2. The Bertz CT molecular complexity index is 743. The number of aryl methyl sites for hydroxylation is 1. The van der Waals surface area contributed by atoms with Crippen molar-refractivity contribution in [1.29, 1.82) is 0 Å². The SMILES string of the molecule is CCOC(=O)C(C)Cc1cccc(Cc2ncc(C)n2CCNC)c1F. The Morgan fingerprint density at radius 3 is 2.81 bits per heavy atom. The van der Waals surface area contributed by atoms with Crippen molar-refractivity contribution in [3.05, 3.63) is 52.9 Å². The number of benzene rings is 1. The summed E-state index contributed by atoms with van der Waals surface area (Å²) in [7, 11) is 1.90. The molecule has 0 saturated heterocycles. The average Bonchev–Trinajstić information content (AvgIpc) is 2.96. The van der Waals surface area contributed by atoms with Crippen molar-refractivity contribution in [2.45, 2.75) is 40.2 Å². The number of hydrogen-bond donors (Lipinski definition) is 1. The number of rotatable bonds is 9. The van der Waals surface area contributed by atoms with Crippen molar-refractivity contribution in [2.75, 3.05) is 20.2 Å². The average molecular weight is 361 g/mol. The molecule has 1 atom stereocenters. The van der Waals surface area contributed by atoms with Crippen LogP contribution in [-0.2, 0) is 28.9 Å². The van der Waals surface area contributed by atoms with Crippen molar-refractivity contribution in [1.82, 2.24) is 14.9 Å². The summed E-state index contributed by atoms with van der Waals surface area (Å²) in [4.78, 5) is 16.3. The maximum absolute atomic E-state index is 15.0. The summed E-state index contributed by atoms with van der Waals surface area (Å²) < 4.78 is 22.1. The molecule has 0 spiro atoms. The second-order valence-corrected chi connectivity index (χ2v) is 6.50. The molecule has 0 radical (unpaired) electrons. The van der Waals surface area contributed by atoms with Crippen molar-refractivity contribution in [3.8, 4) is 0 Å². The highest BCUT2D eigenvalue weighted by Gasteiger charge is 2.19. The van der Waals surface area contributed by atoms with E-state index >= 15 is 0 Å². The largest absolute Gasteiger partial charge is 0.466 e. The Hall–Kier alpha value is -2.21. The van der Waals surface area contributed by atoms with Crippen LogP contribution in [0.4, 0.5) is 4.39 Å². The van der Waals surface area contributed by atoms with E-state index in [1.165, 1.54) is 0 Å². The van der Waals surface area contributed by atoms with E-state index in [2.05, 4.69) is 14.9 Å². The summed E-state index contributed by atoms with van der Waals surface area (Å²) in [5.74, 6) is -0.0909. The third-order valence-corrected chi connectivity index (χ3v) is 4.45. The summed E-state index contributed by atoms with van der Waals surface area (Å²) in [6.45, 7) is 7.48. The van der Waals surface area contributed by atoms with Crippen LogP contribution in [0.25, 0.3) is 0 Å². The lowest BCUT2D eigenvalue weighted by Gasteiger charge is -2.14. The lowest BCUT2D eigenvalue weighted by atomic mass is 9.97. The highest BCUT2D eigenvalue weighted by molar-refractivity contribution is 5.72. The Balaban J connectivity index is 2.18. The summed E-state index contributed by atoms with van der Waals surface area (Å²) >= 11 is 0. The van der Waals surface area contributed by atoms with Gasteiger partial charge in [0.25, 0.3) is 0 Å². The summed E-state index contributed by atoms with van der Waals surface area (Å²) in [6, 6.07) is 5.34. The first-order valence-electron chi connectivity index (χ1n) is 9.06. The lowest BCUT2D eigenvalue weighted by Crippen LogP contribution is -2.18. The van der Waals surface area contributed by atoms with Gasteiger partial charge in [-0.25, -0.2) is 9.37 Å². The smallest absolute Gasteiger partial charge is 0.308 e. The van der Waals surface area contributed by atoms with Crippen LogP contribution in [0, 0.1) is 18.7 Å². The van der Waals surface area contributed by atoms with Crippen LogP contribution >= 0.6 is 0 Å². The maximum atomic E-state index is 15.0. The van der Waals surface area contributed by atoms with Crippen LogP contribution in [0.5, 0.6) is 0 Å². The number of likely N-dealkylation sites (N-methyl/N-ethyl adjacent to an activating group) is 1. The first-order valence-corrected chi connectivity index (χ1v) is 9.06. The van der Waals surface area contributed by atoms with Gasteiger partial charge in [-0.1, -0.05) is 25.1 Å². The standard InChI is InChI=1S/C20H28FN3O2/c1-5-26-20(25)14(2)11-16-7-6-8-17(19(16)21)12-18-23-13-15(3)24(18)10-9-22-4/h6-8,13-14,22H,5,9-12H2,1-4H3. The van der Waals surface area contributed by atoms with E-state index in [9.17, 15) is 9.18 Å². The summed E-state index contributed by atoms with van der Waals surface area (Å²) in [5.41, 5.74) is 2.19. The molecule has 2 rings (SSSR count). The number of halogens is 1. The van der Waals surface area contributed by atoms with Crippen molar-refractivity contribution < 1.29 is 13.9 Å². The van der Waals surface area contributed by atoms with Crippen LogP contribution in [0.1, 0.15) is 36.5 Å². The van der Waals surface area contributed by atoms with Crippen molar-refractivity contribution in [2.24, 2.45) is 5.92 Å². The van der Waals surface area contributed by atoms with E-state index in [4.69, 9.17) is 4.74 Å². The Kier molecular flexibility index (Phi) is 7.33. The first-order chi connectivity index (χ1) is 12.5. The van der Waals surface area contributed by atoms with E-state index in [-0.39, 0.29) is 17.7 Å². The number of imidazole rings is 1. The number of hydrogen-bond acceptors (Lipinski definition) is 4. The minimum atomic E-state index is -0.375. The topological polar surface area (TPSA) is 56.1 Å². The molecule has 2 aromatic rings. The van der Waals surface area contributed by atoms with Gasteiger partial charge in [0.15, 0.2) is 0 Å². The number of carbonyl (C=O) groups excluding carboxylic acids is 1. The summed E-state index contributed by atoms with van der Waals surface area (Å²) in [6.07, 6.45) is 2.56. The molecule has 0 aliphatic heterocycles. The van der Waals surface area contributed by atoms with Gasteiger partial charge in [0.05, 0.1) is 12.5 Å². The zero-order chi connectivity index (χ0) is 19.1. The predicted molar refractivity (Wildman–Crippen MR) is 99.6 cm³/mol. The lowest BCUT2D eigenvalue weighted by molar-refractivity contribution is -0.147. The molecule has 1 aromatic heterocycles. The van der Waals surface area contributed by atoms with Gasteiger partial charge in [0, 0.05) is 31.4 Å². The third-order valence-electron chi connectivity index (χ3n) is 4.45. The van der Waals surface area contributed by atoms with Crippen molar-refractivity contribution in [3.63, 3.8) is 0 Å². The van der Waals surface area contributed by atoms with E-state index in [1.54, 1.807) is 26.0 Å². The quantitative estimate of drug-likeness (QED) is 0.698. The monoisotopic (exact) mass is 361 g/mol. The Labute approximate surface area is 154 Å². The molecule has 1 unspecified atom stereocenters. The number of aromatic nitrogens is 2. The molecule has 0 bridgehead atoms. The molecule has 0 saturated carbocycles. The van der Waals surface area contributed by atoms with Crippen LogP contribution < -0.4 is 5.32 Å². The van der Waals surface area contributed by atoms with Crippen LogP contribution in [0.15, 0.2) is 24.4 Å². The summed E-state index contributed by atoms with van der Waals surface area (Å²) in [5, 5.41) is 3.12. The second kappa shape index (κ2) is 9.48. The van der Waals surface area contributed by atoms with Gasteiger partial charge < -0.3 is 14.6 Å². The van der Waals surface area contributed by atoms with Gasteiger partial charge in [-0.2, -0.15) is 0 Å². The number of esters is 1. The van der Waals surface area contributed by atoms with Gasteiger partial charge >= 0.3 is 5.97 Å². The van der Waals surface area contributed by atoms with E-state index in [0.717, 1.165) is 24.6 Å². The second-order valence-electron chi connectivity index (χ2n) is 6.50. The predicted octanol–water partition coefficient (Wildman–Crippen LogP) is 2.88. The maximum Gasteiger partial charge on any atom is 0.308 e. The molecule has 1 aromatic carbocycles. The van der Waals surface area contributed by atoms with E-state index in [0.29, 0.717) is 30.6 Å². The highest BCUT2D eigenvalue weighted by Crippen LogP contribution is 2.20. The van der Waals surface area contributed by atoms with Gasteiger partial charge in [0.1, 0.15) is 11.6 Å². The normalized spacial score (nSPS) is 12.2. The zero-order valence-corrected chi connectivity index (χ0v) is 16.0. The van der Waals surface area contributed by atoms with Gasteiger partial charge in [-0.05, 0) is 38.4 Å². The van der Waals surface area contributed by atoms with E-state index < -0.39 is 0 Å². The molecule has 0 fully saturated rings. The molecular weight excluding hydrogens is 333 g/mol. The Morgan fingerprint density at radius 1 is 1.38 bits per heavy atom. The molecule has 1 heterocycles. The molecule has 0 aliphatic rings. The van der Waals surface area contributed by atoms with Crippen molar-refractivity contribution >= 4 is 5.97 Å². The fraction of sp³-hybridized carbons (Fsp3) is 0.500. The molecule has 6 heteroatoms. The van der Waals surface area contributed by atoms with E-state index in [1.807, 2.05) is 26.2 Å². The minimum Gasteiger partial charge on any atom is -0.466 e. The molecule has 1 N–H and O–H groups in total.